The molecule has 0 heterocycles. The molecule has 0 aliphatic heterocycles. The maximum absolute atomic E-state index is 12.4. The van der Waals surface area contributed by atoms with Crippen molar-refractivity contribution in [1.82, 2.24) is 5.32 Å². The molecule has 0 spiro atoms. The Morgan fingerprint density at radius 3 is 2.60 bits per heavy atom. The third kappa shape index (κ3) is 4.87. The lowest BCUT2D eigenvalue weighted by atomic mass is 10.1. The Kier molecular flexibility index (Phi) is 6.25. The van der Waals surface area contributed by atoms with Crippen LogP contribution < -0.4 is 20.5 Å². The van der Waals surface area contributed by atoms with Crippen LogP contribution >= 0.6 is 11.6 Å². The Labute approximate surface area is 150 Å². The zero-order valence-electron chi connectivity index (χ0n) is 14.0. The number of methoxy groups -OCH3 is 1. The van der Waals surface area contributed by atoms with Crippen molar-refractivity contribution in [2.75, 3.05) is 13.7 Å². The molecule has 0 aromatic heterocycles. The van der Waals surface area contributed by atoms with E-state index in [-0.39, 0.29) is 29.0 Å². The van der Waals surface area contributed by atoms with Crippen molar-refractivity contribution in [2.45, 2.75) is 13.5 Å². The van der Waals surface area contributed by atoms with Crippen molar-refractivity contribution in [1.29, 1.82) is 0 Å². The minimum Gasteiger partial charge on any atom is -0.493 e. The predicted molar refractivity (Wildman–Crippen MR) is 95.0 cm³/mol. The van der Waals surface area contributed by atoms with Crippen molar-refractivity contribution < 1.29 is 19.1 Å². The molecule has 0 atom stereocenters. The smallest absolute Gasteiger partial charge is 0.255 e. The minimum absolute atomic E-state index is 0.154. The van der Waals surface area contributed by atoms with Gasteiger partial charge in [0, 0.05) is 12.1 Å². The number of hydrogen-bond donors (Lipinski definition) is 2. The monoisotopic (exact) mass is 362 g/mol. The molecule has 3 N–H and O–H groups in total. The van der Waals surface area contributed by atoms with Crippen LogP contribution in [0.1, 0.15) is 21.5 Å². The standard InChI is InChI=1S/C18H19ClN2O4/c1-11-5-3-4-6-12(11)9-21-18(23)13-7-14(19)17(15(8-13)24-2)25-10-16(20)22/h3-8H,9-10H2,1-2H3,(H2,20,22)(H,21,23). The van der Waals surface area contributed by atoms with Crippen molar-refractivity contribution in [2.24, 2.45) is 5.73 Å². The molecule has 2 rings (SSSR count). The van der Waals surface area contributed by atoms with E-state index in [1.54, 1.807) is 0 Å². The second-order valence-corrected chi connectivity index (χ2v) is 5.76. The van der Waals surface area contributed by atoms with Crippen molar-refractivity contribution in [3.8, 4) is 11.5 Å². The number of carbonyl (C=O) groups excluding carboxylic acids is 2. The average molecular weight is 363 g/mol. The first-order chi connectivity index (χ1) is 11.9. The zero-order valence-corrected chi connectivity index (χ0v) is 14.7. The summed E-state index contributed by atoms with van der Waals surface area (Å²) in [5, 5.41) is 2.99. The van der Waals surface area contributed by atoms with Crippen molar-refractivity contribution in [3.63, 3.8) is 0 Å². The maximum atomic E-state index is 12.4. The highest BCUT2D eigenvalue weighted by molar-refractivity contribution is 6.32. The van der Waals surface area contributed by atoms with Crippen molar-refractivity contribution >= 4 is 23.4 Å². The first-order valence-corrected chi connectivity index (χ1v) is 7.91. The van der Waals surface area contributed by atoms with Gasteiger partial charge in [-0.3, -0.25) is 9.59 Å². The molecule has 132 valence electrons. The molecule has 6 nitrogen and oxygen atoms in total. The molecule has 0 aliphatic carbocycles. The fraction of sp³-hybridized carbons (Fsp3) is 0.222. The van der Waals surface area contributed by atoms with E-state index < -0.39 is 5.91 Å². The number of amides is 2. The van der Waals surface area contributed by atoms with E-state index in [0.717, 1.165) is 11.1 Å². The zero-order chi connectivity index (χ0) is 18.4. The molecule has 0 fully saturated rings. The van der Waals surface area contributed by atoms with Gasteiger partial charge in [-0.2, -0.15) is 0 Å². The van der Waals surface area contributed by atoms with Gasteiger partial charge in [0.05, 0.1) is 12.1 Å². The van der Waals surface area contributed by atoms with E-state index in [1.165, 1.54) is 19.2 Å². The van der Waals surface area contributed by atoms with E-state index in [1.807, 2.05) is 31.2 Å². The van der Waals surface area contributed by atoms with Gasteiger partial charge in [0.2, 0.25) is 0 Å². The van der Waals surface area contributed by atoms with Crippen LogP contribution in [0.3, 0.4) is 0 Å². The topological polar surface area (TPSA) is 90.7 Å². The van der Waals surface area contributed by atoms with Crippen LogP contribution in [0.5, 0.6) is 11.5 Å². The van der Waals surface area contributed by atoms with Gasteiger partial charge < -0.3 is 20.5 Å². The summed E-state index contributed by atoms with van der Waals surface area (Å²) in [6.45, 7) is 2.03. The fourth-order valence-electron chi connectivity index (χ4n) is 2.22. The largest absolute Gasteiger partial charge is 0.493 e. The number of ether oxygens (including phenoxy) is 2. The lowest BCUT2D eigenvalue weighted by molar-refractivity contribution is -0.119. The van der Waals surface area contributed by atoms with Crippen LogP contribution in [0.25, 0.3) is 0 Å². The van der Waals surface area contributed by atoms with Crippen LogP contribution in [0, 0.1) is 6.92 Å². The lowest BCUT2D eigenvalue weighted by Crippen LogP contribution is -2.23. The van der Waals surface area contributed by atoms with Gasteiger partial charge in [-0.15, -0.1) is 0 Å². The number of benzene rings is 2. The molecule has 0 radical (unpaired) electrons. The summed E-state index contributed by atoms with van der Waals surface area (Å²) in [5.41, 5.74) is 7.49. The average Bonchev–Trinajstić information content (AvgIpc) is 2.58. The third-order valence-corrected chi connectivity index (χ3v) is 3.83. The molecule has 2 aromatic carbocycles. The van der Waals surface area contributed by atoms with Crippen LogP contribution in [-0.2, 0) is 11.3 Å². The summed E-state index contributed by atoms with van der Waals surface area (Å²) in [6.07, 6.45) is 0. The summed E-state index contributed by atoms with van der Waals surface area (Å²) in [7, 11) is 1.41. The first-order valence-electron chi connectivity index (χ1n) is 7.53. The Morgan fingerprint density at radius 1 is 1.24 bits per heavy atom. The summed E-state index contributed by atoms with van der Waals surface area (Å²) < 4.78 is 10.4. The Morgan fingerprint density at radius 2 is 1.96 bits per heavy atom. The Bertz CT molecular complexity index is 793. The molecule has 2 aromatic rings. The summed E-state index contributed by atoms with van der Waals surface area (Å²) in [5.74, 6) is -0.531. The minimum atomic E-state index is -0.641. The van der Waals surface area contributed by atoms with Gasteiger partial charge in [-0.1, -0.05) is 35.9 Å². The molecule has 7 heteroatoms. The molecular formula is C18H19ClN2O4. The number of aryl methyl sites for hydroxylation is 1. The van der Waals surface area contributed by atoms with Gasteiger partial charge in [0.25, 0.3) is 11.8 Å². The van der Waals surface area contributed by atoms with E-state index in [4.69, 9.17) is 26.8 Å². The second kappa shape index (κ2) is 8.39. The normalized spacial score (nSPS) is 10.2. The van der Waals surface area contributed by atoms with Crippen LogP contribution in [0.2, 0.25) is 5.02 Å². The van der Waals surface area contributed by atoms with Crippen LogP contribution in [0.15, 0.2) is 36.4 Å². The van der Waals surface area contributed by atoms with Crippen LogP contribution in [0.4, 0.5) is 0 Å². The molecule has 2 amide bonds. The van der Waals surface area contributed by atoms with Gasteiger partial charge in [-0.25, -0.2) is 0 Å². The molecule has 0 bridgehead atoms. The number of hydrogen-bond acceptors (Lipinski definition) is 4. The maximum Gasteiger partial charge on any atom is 0.255 e. The number of nitrogens with two attached hydrogens (primary N) is 1. The molecule has 0 saturated carbocycles. The Hall–Kier alpha value is -2.73. The molecule has 25 heavy (non-hydrogen) atoms. The third-order valence-electron chi connectivity index (χ3n) is 3.55. The summed E-state index contributed by atoms with van der Waals surface area (Å²) in [6, 6.07) is 10.7. The highest BCUT2D eigenvalue weighted by Gasteiger charge is 2.16. The second-order valence-electron chi connectivity index (χ2n) is 5.35. The quantitative estimate of drug-likeness (QED) is 0.791. The van der Waals surface area contributed by atoms with E-state index in [9.17, 15) is 9.59 Å². The number of primary amides is 1. The van der Waals surface area contributed by atoms with E-state index >= 15 is 0 Å². The van der Waals surface area contributed by atoms with Crippen molar-refractivity contribution in [3.05, 3.63) is 58.1 Å². The van der Waals surface area contributed by atoms with Gasteiger partial charge >= 0.3 is 0 Å². The number of carbonyl (C=O) groups is 2. The molecule has 0 saturated heterocycles. The molecule has 0 aliphatic rings. The van der Waals surface area contributed by atoms with Gasteiger partial charge in [-0.05, 0) is 30.2 Å². The predicted octanol–water partition coefficient (Wildman–Crippen LogP) is 2.45. The summed E-state index contributed by atoms with van der Waals surface area (Å²) in [4.78, 5) is 23.2. The van der Waals surface area contributed by atoms with Crippen LogP contribution in [-0.4, -0.2) is 25.5 Å². The SMILES string of the molecule is COc1cc(C(=O)NCc2ccccc2C)cc(Cl)c1OCC(N)=O. The van der Waals surface area contributed by atoms with Gasteiger partial charge in [0.15, 0.2) is 18.1 Å². The van der Waals surface area contributed by atoms with E-state index in [2.05, 4.69) is 5.32 Å². The highest BCUT2D eigenvalue weighted by atomic mass is 35.5. The number of halogens is 1. The number of rotatable bonds is 7. The molecular weight excluding hydrogens is 344 g/mol. The highest BCUT2D eigenvalue weighted by Crippen LogP contribution is 2.36. The fourth-order valence-corrected chi connectivity index (χ4v) is 2.49. The van der Waals surface area contributed by atoms with E-state index in [0.29, 0.717) is 12.1 Å². The number of nitrogens with one attached hydrogen (secondary N) is 1. The lowest BCUT2D eigenvalue weighted by Gasteiger charge is -2.13. The van der Waals surface area contributed by atoms with Gasteiger partial charge in [0.1, 0.15) is 0 Å². The molecule has 0 unspecified atom stereocenters. The first kappa shape index (κ1) is 18.6. The summed E-state index contributed by atoms with van der Waals surface area (Å²) >= 11 is 6.15. The Balaban J connectivity index is 2.15.